The van der Waals surface area contributed by atoms with E-state index in [-0.39, 0.29) is 0 Å². The minimum Gasteiger partial charge on any atom is -0.0651 e. The highest BCUT2D eigenvalue weighted by atomic mass is 14.4. The third-order valence-corrected chi connectivity index (χ3v) is 7.66. The summed E-state index contributed by atoms with van der Waals surface area (Å²) in [4.78, 5) is 0. The first-order valence-electron chi connectivity index (χ1n) is 10.8. The van der Waals surface area contributed by atoms with Gasteiger partial charge in [0.05, 0.1) is 0 Å². The Morgan fingerprint density at radius 2 is 0.875 bits per heavy atom. The first kappa shape index (κ1) is 18.0. The molecular formula is C24H38. The van der Waals surface area contributed by atoms with Crippen LogP contribution in [0.25, 0.3) is 0 Å². The minimum atomic E-state index is 0.826. The fourth-order valence-corrected chi connectivity index (χ4v) is 6.31. The predicted molar refractivity (Wildman–Crippen MR) is 106 cm³/mol. The predicted octanol–water partition coefficient (Wildman–Crippen LogP) is 7.55. The van der Waals surface area contributed by atoms with Crippen molar-refractivity contribution in [2.24, 2.45) is 23.7 Å². The second-order valence-electron chi connectivity index (χ2n) is 8.51. The van der Waals surface area contributed by atoms with Gasteiger partial charge in [0.15, 0.2) is 0 Å². The molecule has 2 fully saturated rings. The van der Waals surface area contributed by atoms with Crippen molar-refractivity contribution in [1.82, 2.24) is 0 Å². The van der Waals surface area contributed by atoms with Crippen LogP contribution in [-0.2, 0) is 0 Å². The molecule has 0 heterocycles. The van der Waals surface area contributed by atoms with Crippen LogP contribution < -0.4 is 0 Å². The molecular weight excluding hydrogens is 288 g/mol. The molecule has 0 N–H and O–H groups in total. The second-order valence-corrected chi connectivity index (χ2v) is 8.51. The Labute approximate surface area is 150 Å². The molecule has 4 unspecified atom stereocenters. The van der Waals surface area contributed by atoms with E-state index in [1.807, 2.05) is 0 Å². The van der Waals surface area contributed by atoms with Crippen LogP contribution in [0.15, 0.2) is 24.3 Å². The smallest absolute Gasteiger partial charge is 0.0103 e. The molecule has 0 heteroatoms. The van der Waals surface area contributed by atoms with E-state index in [2.05, 4.69) is 52.0 Å². The van der Waals surface area contributed by atoms with Crippen LogP contribution in [0.1, 0.15) is 102 Å². The summed E-state index contributed by atoms with van der Waals surface area (Å²) < 4.78 is 0. The summed E-state index contributed by atoms with van der Waals surface area (Å²) in [6.45, 7) is 9.66. The van der Waals surface area contributed by atoms with Gasteiger partial charge < -0.3 is 0 Å². The van der Waals surface area contributed by atoms with Crippen LogP contribution in [0, 0.1) is 23.7 Å². The van der Waals surface area contributed by atoms with Crippen LogP contribution in [-0.4, -0.2) is 0 Å². The third kappa shape index (κ3) is 3.18. The average molecular weight is 327 g/mol. The molecule has 6 atom stereocenters. The maximum Gasteiger partial charge on any atom is -0.0103 e. The minimum absolute atomic E-state index is 0.826. The Hall–Kier alpha value is -0.780. The topological polar surface area (TPSA) is 0 Å². The SMILES string of the molecule is CCC1CC[C@H](CC)C1c1ccccc1C1C(CC)CC[C@@H]1CC. The van der Waals surface area contributed by atoms with E-state index in [9.17, 15) is 0 Å². The summed E-state index contributed by atoms with van der Waals surface area (Å²) >= 11 is 0. The summed E-state index contributed by atoms with van der Waals surface area (Å²) in [7, 11) is 0. The lowest BCUT2D eigenvalue weighted by atomic mass is 9.72. The standard InChI is InChI=1S/C24H38/c1-5-17-13-14-18(6-2)23(17)21-11-9-10-12-22(21)24-19(7-3)15-16-20(24)8-4/h9-12,17-20,23-24H,5-8,13-16H2,1-4H3/t17-,18?,19-,20?,23?,24?/m0/s1. The van der Waals surface area contributed by atoms with Crippen LogP contribution in [0.4, 0.5) is 0 Å². The van der Waals surface area contributed by atoms with E-state index in [1.165, 1.54) is 51.4 Å². The summed E-state index contributed by atoms with van der Waals surface area (Å²) in [5, 5.41) is 0. The van der Waals surface area contributed by atoms with Crippen molar-refractivity contribution in [2.75, 3.05) is 0 Å². The third-order valence-electron chi connectivity index (χ3n) is 7.66. The Bertz CT molecular complexity index is 446. The molecule has 1 aromatic rings. The molecule has 0 spiro atoms. The molecule has 0 aromatic heterocycles. The summed E-state index contributed by atoms with van der Waals surface area (Å²) in [5.74, 6) is 5.31. The Kier molecular flexibility index (Phi) is 6.06. The maximum atomic E-state index is 2.51. The Morgan fingerprint density at radius 3 is 1.12 bits per heavy atom. The van der Waals surface area contributed by atoms with Crippen LogP contribution in [0.3, 0.4) is 0 Å². The highest BCUT2D eigenvalue weighted by molar-refractivity contribution is 5.36. The van der Waals surface area contributed by atoms with Crippen molar-refractivity contribution < 1.29 is 0 Å². The molecule has 2 aliphatic carbocycles. The lowest BCUT2D eigenvalue weighted by Gasteiger charge is -2.32. The molecule has 0 bridgehead atoms. The summed E-state index contributed by atoms with van der Waals surface area (Å²) in [5.41, 5.74) is 3.50. The lowest BCUT2D eigenvalue weighted by Crippen LogP contribution is -2.19. The first-order chi connectivity index (χ1) is 11.7. The molecule has 1 aromatic carbocycles. The van der Waals surface area contributed by atoms with Crippen molar-refractivity contribution in [1.29, 1.82) is 0 Å². The van der Waals surface area contributed by atoms with Gasteiger partial charge in [-0.3, -0.25) is 0 Å². The van der Waals surface area contributed by atoms with Gasteiger partial charge in [0.25, 0.3) is 0 Å². The van der Waals surface area contributed by atoms with Crippen molar-refractivity contribution >= 4 is 0 Å². The van der Waals surface area contributed by atoms with Crippen molar-refractivity contribution in [3.8, 4) is 0 Å². The molecule has 0 radical (unpaired) electrons. The zero-order chi connectivity index (χ0) is 17.1. The summed E-state index contributed by atoms with van der Waals surface area (Å²) in [6.07, 6.45) is 11.2. The molecule has 0 saturated heterocycles. The largest absolute Gasteiger partial charge is 0.0651 e. The van der Waals surface area contributed by atoms with Gasteiger partial charge in [-0.1, -0.05) is 77.6 Å². The number of hydrogen-bond acceptors (Lipinski definition) is 0. The second kappa shape index (κ2) is 8.07. The van der Waals surface area contributed by atoms with Gasteiger partial charge in [0, 0.05) is 0 Å². The van der Waals surface area contributed by atoms with E-state index in [4.69, 9.17) is 0 Å². The van der Waals surface area contributed by atoms with Gasteiger partial charge in [-0.15, -0.1) is 0 Å². The van der Waals surface area contributed by atoms with Crippen molar-refractivity contribution in [2.45, 2.75) is 90.9 Å². The quantitative estimate of drug-likeness (QED) is 0.506. The van der Waals surface area contributed by atoms with Gasteiger partial charge in [0.1, 0.15) is 0 Å². The zero-order valence-electron chi connectivity index (χ0n) is 16.4. The van der Waals surface area contributed by atoms with Gasteiger partial charge in [-0.2, -0.15) is 0 Å². The van der Waals surface area contributed by atoms with Gasteiger partial charge >= 0.3 is 0 Å². The normalized spacial score (nSPS) is 36.3. The van der Waals surface area contributed by atoms with Crippen molar-refractivity contribution in [3.63, 3.8) is 0 Å². The van der Waals surface area contributed by atoms with E-state index >= 15 is 0 Å². The molecule has 3 rings (SSSR count). The van der Waals surface area contributed by atoms with E-state index in [1.54, 1.807) is 11.1 Å². The fraction of sp³-hybridized carbons (Fsp3) is 0.750. The van der Waals surface area contributed by atoms with Gasteiger partial charge in [0.2, 0.25) is 0 Å². The van der Waals surface area contributed by atoms with Crippen LogP contribution >= 0.6 is 0 Å². The zero-order valence-corrected chi connectivity index (χ0v) is 16.4. The van der Waals surface area contributed by atoms with Crippen LogP contribution in [0.5, 0.6) is 0 Å². The average Bonchev–Trinajstić information content (AvgIpc) is 3.24. The van der Waals surface area contributed by atoms with Crippen molar-refractivity contribution in [3.05, 3.63) is 35.4 Å². The molecule has 2 aliphatic rings. The molecule has 0 amide bonds. The molecule has 24 heavy (non-hydrogen) atoms. The van der Waals surface area contributed by atoms with E-state index in [0.29, 0.717) is 0 Å². The highest BCUT2D eigenvalue weighted by Gasteiger charge is 2.40. The monoisotopic (exact) mass is 326 g/mol. The van der Waals surface area contributed by atoms with E-state index < -0.39 is 0 Å². The molecule has 0 aliphatic heterocycles. The fourth-order valence-electron chi connectivity index (χ4n) is 6.31. The first-order valence-corrected chi connectivity index (χ1v) is 10.8. The lowest BCUT2D eigenvalue weighted by molar-refractivity contribution is 0.366. The van der Waals surface area contributed by atoms with Crippen LogP contribution in [0.2, 0.25) is 0 Å². The number of rotatable bonds is 6. The van der Waals surface area contributed by atoms with Gasteiger partial charge in [-0.05, 0) is 72.3 Å². The maximum absolute atomic E-state index is 2.51. The molecule has 0 nitrogen and oxygen atoms in total. The Balaban J connectivity index is 2.01. The molecule has 134 valence electrons. The summed E-state index contributed by atoms with van der Waals surface area (Å²) in [6, 6.07) is 9.64. The highest BCUT2D eigenvalue weighted by Crippen LogP contribution is 2.53. The van der Waals surface area contributed by atoms with E-state index in [0.717, 1.165) is 35.5 Å². The van der Waals surface area contributed by atoms with Gasteiger partial charge in [-0.25, -0.2) is 0 Å². The number of benzene rings is 1. The molecule has 2 saturated carbocycles. The Morgan fingerprint density at radius 1 is 0.583 bits per heavy atom. The number of hydrogen-bond donors (Lipinski definition) is 0.